The van der Waals surface area contributed by atoms with Gasteiger partial charge in [0, 0.05) is 29.5 Å². The highest BCUT2D eigenvalue weighted by molar-refractivity contribution is 9.10. The van der Waals surface area contributed by atoms with Crippen molar-refractivity contribution in [1.82, 2.24) is 5.32 Å². The number of nitriles is 1. The quantitative estimate of drug-likeness (QED) is 0.924. The number of fused-ring (bicyclic) bond motifs is 1. The van der Waals surface area contributed by atoms with Crippen LogP contribution in [0.1, 0.15) is 22.3 Å². The van der Waals surface area contributed by atoms with Crippen LogP contribution in [0.2, 0.25) is 0 Å². The number of nitrogens with one attached hydrogen (secondary N) is 1. The van der Waals surface area contributed by atoms with Crippen molar-refractivity contribution in [3.05, 3.63) is 63.1 Å². The Morgan fingerprint density at radius 2 is 2.00 bits per heavy atom. The highest BCUT2D eigenvalue weighted by Gasteiger charge is 2.17. The van der Waals surface area contributed by atoms with Gasteiger partial charge in [-0.15, -0.1) is 0 Å². The van der Waals surface area contributed by atoms with E-state index in [0.717, 1.165) is 46.5 Å². The zero-order chi connectivity index (χ0) is 14.7. The molecule has 0 unspecified atom stereocenters. The van der Waals surface area contributed by atoms with Crippen LogP contribution in [0.25, 0.3) is 0 Å². The van der Waals surface area contributed by atoms with Gasteiger partial charge < -0.3 is 10.1 Å². The molecule has 106 valence electrons. The van der Waals surface area contributed by atoms with Crippen LogP contribution in [0, 0.1) is 11.3 Å². The zero-order valence-corrected chi connectivity index (χ0v) is 13.1. The van der Waals surface area contributed by atoms with Gasteiger partial charge in [-0.25, -0.2) is 0 Å². The summed E-state index contributed by atoms with van der Waals surface area (Å²) in [5, 5.41) is 12.5. The standard InChI is InChI=1S/C17H15BrN2O/c18-16-7-12-5-6-21-17(12)15(8-16)11-20-10-14-4-2-1-3-13(14)9-19/h1-4,7-8,20H,5-6,10-11H2. The molecule has 3 nitrogen and oxygen atoms in total. The molecule has 4 heteroatoms. The second-order valence-corrected chi connectivity index (χ2v) is 5.94. The molecule has 0 bridgehead atoms. The average Bonchev–Trinajstić information content (AvgIpc) is 2.96. The van der Waals surface area contributed by atoms with Crippen molar-refractivity contribution in [2.45, 2.75) is 19.5 Å². The minimum absolute atomic E-state index is 0.672. The van der Waals surface area contributed by atoms with Crippen molar-refractivity contribution in [2.24, 2.45) is 0 Å². The maximum Gasteiger partial charge on any atom is 0.127 e. The van der Waals surface area contributed by atoms with Crippen molar-refractivity contribution < 1.29 is 4.74 Å². The van der Waals surface area contributed by atoms with E-state index in [9.17, 15) is 0 Å². The molecule has 1 aliphatic heterocycles. The molecule has 1 heterocycles. The molecule has 0 atom stereocenters. The minimum Gasteiger partial charge on any atom is -0.493 e. The summed E-state index contributed by atoms with van der Waals surface area (Å²) in [5.74, 6) is 1.01. The summed E-state index contributed by atoms with van der Waals surface area (Å²) in [5.41, 5.74) is 4.16. The second kappa shape index (κ2) is 6.30. The van der Waals surface area contributed by atoms with Crippen LogP contribution in [0.15, 0.2) is 40.9 Å². The summed E-state index contributed by atoms with van der Waals surface area (Å²) in [7, 11) is 0. The Morgan fingerprint density at radius 3 is 2.86 bits per heavy atom. The van der Waals surface area contributed by atoms with E-state index in [1.165, 1.54) is 5.56 Å². The first-order valence-electron chi connectivity index (χ1n) is 6.91. The molecule has 1 N–H and O–H groups in total. The van der Waals surface area contributed by atoms with E-state index in [1.807, 2.05) is 24.3 Å². The fourth-order valence-electron chi connectivity index (χ4n) is 2.59. The molecule has 0 radical (unpaired) electrons. The van der Waals surface area contributed by atoms with Gasteiger partial charge in [0.1, 0.15) is 5.75 Å². The van der Waals surface area contributed by atoms with Crippen molar-refractivity contribution in [1.29, 1.82) is 5.26 Å². The summed E-state index contributed by atoms with van der Waals surface area (Å²) >= 11 is 3.55. The normalized spacial score (nSPS) is 12.6. The van der Waals surface area contributed by atoms with Gasteiger partial charge in [-0.2, -0.15) is 5.26 Å². The lowest BCUT2D eigenvalue weighted by molar-refractivity contribution is 0.352. The van der Waals surface area contributed by atoms with E-state index < -0.39 is 0 Å². The molecule has 21 heavy (non-hydrogen) atoms. The molecule has 0 amide bonds. The smallest absolute Gasteiger partial charge is 0.127 e. The van der Waals surface area contributed by atoms with Gasteiger partial charge in [-0.1, -0.05) is 34.1 Å². The van der Waals surface area contributed by atoms with Gasteiger partial charge >= 0.3 is 0 Å². The number of ether oxygens (including phenoxy) is 1. The maximum absolute atomic E-state index is 9.09. The Labute approximate surface area is 132 Å². The predicted molar refractivity (Wildman–Crippen MR) is 85.0 cm³/mol. The predicted octanol–water partition coefficient (Wildman–Crippen LogP) is 3.55. The van der Waals surface area contributed by atoms with Crippen LogP contribution >= 0.6 is 15.9 Å². The summed E-state index contributed by atoms with van der Waals surface area (Å²) in [6, 6.07) is 14.1. The molecule has 0 fully saturated rings. The van der Waals surface area contributed by atoms with E-state index >= 15 is 0 Å². The Hall–Kier alpha value is -1.83. The Kier molecular flexibility index (Phi) is 4.23. The first kappa shape index (κ1) is 14.1. The van der Waals surface area contributed by atoms with Crippen LogP contribution < -0.4 is 10.1 Å². The average molecular weight is 343 g/mol. The molecule has 0 aromatic heterocycles. The SMILES string of the molecule is N#Cc1ccccc1CNCc1cc(Br)cc2c1OCC2. The second-order valence-electron chi connectivity index (χ2n) is 5.02. The van der Waals surface area contributed by atoms with Crippen molar-refractivity contribution in [2.75, 3.05) is 6.61 Å². The number of rotatable bonds is 4. The van der Waals surface area contributed by atoms with Crippen molar-refractivity contribution in [3.8, 4) is 11.8 Å². The number of nitrogens with zero attached hydrogens (tertiary/aromatic N) is 1. The van der Waals surface area contributed by atoms with Crippen LogP contribution in [-0.4, -0.2) is 6.61 Å². The maximum atomic E-state index is 9.09. The third kappa shape index (κ3) is 3.10. The lowest BCUT2D eigenvalue weighted by Gasteiger charge is -2.11. The molecule has 2 aromatic carbocycles. The molecule has 2 aromatic rings. The van der Waals surface area contributed by atoms with Crippen molar-refractivity contribution >= 4 is 15.9 Å². The topological polar surface area (TPSA) is 45.0 Å². The third-order valence-corrected chi connectivity index (χ3v) is 4.05. The lowest BCUT2D eigenvalue weighted by atomic mass is 10.1. The molecule has 0 saturated carbocycles. The first-order chi connectivity index (χ1) is 10.3. The van der Waals surface area contributed by atoms with Crippen LogP contribution in [0.5, 0.6) is 5.75 Å². The zero-order valence-electron chi connectivity index (χ0n) is 11.5. The largest absolute Gasteiger partial charge is 0.493 e. The number of hydrogen-bond donors (Lipinski definition) is 1. The highest BCUT2D eigenvalue weighted by atomic mass is 79.9. The van der Waals surface area contributed by atoms with Gasteiger partial charge in [-0.05, 0) is 29.3 Å². The van der Waals surface area contributed by atoms with Gasteiger partial charge in [-0.3, -0.25) is 0 Å². The Bertz CT molecular complexity index is 706. The van der Waals surface area contributed by atoms with Gasteiger partial charge in [0.15, 0.2) is 0 Å². The van der Waals surface area contributed by atoms with E-state index in [2.05, 4.69) is 39.4 Å². The molecule has 0 aliphatic carbocycles. The molecule has 0 spiro atoms. The molecule has 3 rings (SSSR count). The Balaban J connectivity index is 1.71. The minimum atomic E-state index is 0.672. The van der Waals surface area contributed by atoms with Crippen LogP contribution in [-0.2, 0) is 19.5 Å². The number of hydrogen-bond acceptors (Lipinski definition) is 3. The van der Waals surface area contributed by atoms with Gasteiger partial charge in [0.2, 0.25) is 0 Å². The fourth-order valence-corrected chi connectivity index (χ4v) is 3.15. The van der Waals surface area contributed by atoms with E-state index in [4.69, 9.17) is 10.00 Å². The summed E-state index contributed by atoms with van der Waals surface area (Å²) in [4.78, 5) is 0. The van der Waals surface area contributed by atoms with E-state index in [-0.39, 0.29) is 0 Å². The Morgan fingerprint density at radius 1 is 1.19 bits per heavy atom. The van der Waals surface area contributed by atoms with E-state index in [1.54, 1.807) is 0 Å². The molecule has 1 aliphatic rings. The number of benzene rings is 2. The lowest BCUT2D eigenvalue weighted by Crippen LogP contribution is -2.14. The summed E-state index contributed by atoms with van der Waals surface area (Å²) < 4.78 is 6.80. The van der Waals surface area contributed by atoms with Crippen LogP contribution in [0.3, 0.4) is 0 Å². The molecule has 0 saturated heterocycles. The van der Waals surface area contributed by atoms with Gasteiger partial charge in [0.05, 0.1) is 18.2 Å². The van der Waals surface area contributed by atoms with Gasteiger partial charge in [0.25, 0.3) is 0 Å². The first-order valence-corrected chi connectivity index (χ1v) is 7.70. The summed E-state index contributed by atoms with van der Waals surface area (Å²) in [6.07, 6.45) is 0.971. The van der Waals surface area contributed by atoms with Crippen molar-refractivity contribution in [3.63, 3.8) is 0 Å². The molecular weight excluding hydrogens is 328 g/mol. The monoisotopic (exact) mass is 342 g/mol. The van der Waals surface area contributed by atoms with E-state index in [0.29, 0.717) is 6.54 Å². The third-order valence-electron chi connectivity index (χ3n) is 3.59. The summed E-state index contributed by atoms with van der Waals surface area (Å²) in [6.45, 7) is 2.16. The highest BCUT2D eigenvalue weighted by Crippen LogP contribution is 2.32. The fraction of sp³-hybridized carbons (Fsp3) is 0.235. The van der Waals surface area contributed by atoms with Crippen LogP contribution in [0.4, 0.5) is 0 Å². The number of halogens is 1. The molecular formula is C17H15BrN2O.